The predicted molar refractivity (Wildman–Crippen MR) is 97.4 cm³/mol. The monoisotopic (exact) mass is 352 g/mol. The molecular formula is C20H29ClO3. The zero-order chi connectivity index (χ0) is 17.9. The Kier molecular flexibility index (Phi) is 6.19. The summed E-state index contributed by atoms with van der Waals surface area (Å²) in [7, 11) is 0. The normalized spacial score (nSPS) is 24.5. The molecule has 0 saturated heterocycles. The summed E-state index contributed by atoms with van der Waals surface area (Å²) in [5, 5.41) is 0.503. The highest BCUT2D eigenvalue weighted by Crippen LogP contribution is 2.40. The molecule has 1 saturated carbocycles. The molecule has 0 amide bonds. The maximum atomic E-state index is 12.7. The van der Waals surface area contributed by atoms with Gasteiger partial charge in [0.25, 0.3) is 0 Å². The summed E-state index contributed by atoms with van der Waals surface area (Å²) < 4.78 is 11.7. The molecule has 2 rings (SSSR count). The average Bonchev–Trinajstić information content (AvgIpc) is 2.43. The molecular weight excluding hydrogens is 324 g/mol. The van der Waals surface area contributed by atoms with Crippen LogP contribution in [0, 0.1) is 17.3 Å². The van der Waals surface area contributed by atoms with Gasteiger partial charge < -0.3 is 9.47 Å². The Morgan fingerprint density at radius 3 is 2.50 bits per heavy atom. The van der Waals surface area contributed by atoms with E-state index in [9.17, 15) is 4.79 Å². The Bertz CT molecular complexity index is 568. The molecule has 0 bridgehead atoms. The van der Waals surface area contributed by atoms with E-state index in [-0.39, 0.29) is 23.4 Å². The zero-order valence-electron chi connectivity index (χ0n) is 15.3. The standard InChI is InChI=1S/C20H29ClO3/c1-13(2)18(24-17-9-7-6-8-16(17)21)19(22)23-15-10-14(3)11-20(4,5)12-15/h6-9,13-15,18H,10-12H2,1-5H3. The maximum absolute atomic E-state index is 12.7. The Morgan fingerprint density at radius 2 is 1.92 bits per heavy atom. The SMILES string of the molecule is CC1CC(OC(=O)C(Oc2ccccc2Cl)C(C)C)CC(C)(C)C1. The Balaban J connectivity index is 2.05. The van der Waals surface area contributed by atoms with Crippen molar-refractivity contribution in [2.45, 2.75) is 66.1 Å². The third-order valence-corrected chi connectivity index (χ3v) is 4.87. The van der Waals surface area contributed by atoms with Crippen LogP contribution in [0.25, 0.3) is 0 Å². The second-order valence-electron chi connectivity index (χ2n) is 8.19. The van der Waals surface area contributed by atoms with Crippen molar-refractivity contribution in [3.05, 3.63) is 29.3 Å². The second kappa shape index (κ2) is 7.77. The topological polar surface area (TPSA) is 35.5 Å². The molecule has 3 nitrogen and oxygen atoms in total. The average molecular weight is 353 g/mol. The zero-order valence-corrected chi connectivity index (χ0v) is 16.1. The van der Waals surface area contributed by atoms with Crippen molar-refractivity contribution < 1.29 is 14.3 Å². The first kappa shape index (κ1) is 19.1. The van der Waals surface area contributed by atoms with Crippen molar-refractivity contribution in [3.63, 3.8) is 0 Å². The van der Waals surface area contributed by atoms with Crippen molar-refractivity contribution in [3.8, 4) is 5.75 Å². The first-order valence-corrected chi connectivity index (χ1v) is 9.17. The fourth-order valence-electron chi connectivity index (χ4n) is 3.71. The lowest BCUT2D eigenvalue weighted by Crippen LogP contribution is -2.40. The van der Waals surface area contributed by atoms with Crippen molar-refractivity contribution in [2.24, 2.45) is 17.3 Å². The van der Waals surface area contributed by atoms with Crippen LogP contribution in [0.5, 0.6) is 5.75 Å². The number of rotatable bonds is 5. The third kappa shape index (κ3) is 5.14. The van der Waals surface area contributed by atoms with E-state index in [0.717, 1.165) is 12.8 Å². The number of hydrogen-bond acceptors (Lipinski definition) is 3. The summed E-state index contributed by atoms with van der Waals surface area (Å²) in [5.74, 6) is 0.795. The van der Waals surface area contributed by atoms with E-state index in [1.54, 1.807) is 12.1 Å². The number of para-hydroxylation sites is 1. The summed E-state index contributed by atoms with van der Waals surface area (Å²) in [4.78, 5) is 12.7. The molecule has 1 aliphatic rings. The van der Waals surface area contributed by atoms with Crippen LogP contribution in [-0.2, 0) is 9.53 Å². The molecule has 0 N–H and O–H groups in total. The largest absolute Gasteiger partial charge is 0.477 e. The lowest BCUT2D eigenvalue weighted by Gasteiger charge is -2.39. The first-order chi connectivity index (χ1) is 11.2. The van der Waals surface area contributed by atoms with E-state index < -0.39 is 6.10 Å². The van der Waals surface area contributed by atoms with Crippen molar-refractivity contribution in [2.75, 3.05) is 0 Å². The lowest BCUT2D eigenvalue weighted by molar-refractivity contribution is -0.164. The van der Waals surface area contributed by atoms with E-state index in [4.69, 9.17) is 21.1 Å². The van der Waals surface area contributed by atoms with Crippen LogP contribution >= 0.6 is 11.6 Å². The number of esters is 1. The minimum atomic E-state index is -0.648. The van der Waals surface area contributed by atoms with Gasteiger partial charge in [-0.1, -0.05) is 58.4 Å². The van der Waals surface area contributed by atoms with Crippen LogP contribution in [0.3, 0.4) is 0 Å². The van der Waals surface area contributed by atoms with Gasteiger partial charge in [-0.2, -0.15) is 0 Å². The number of ether oxygens (including phenoxy) is 2. The van der Waals surface area contributed by atoms with Crippen LogP contribution in [0.2, 0.25) is 5.02 Å². The van der Waals surface area contributed by atoms with E-state index in [2.05, 4.69) is 20.8 Å². The van der Waals surface area contributed by atoms with E-state index >= 15 is 0 Å². The van der Waals surface area contributed by atoms with Gasteiger partial charge in [-0.3, -0.25) is 0 Å². The Morgan fingerprint density at radius 1 is 1.25 bits per heavy atom. The second-order valence-corrected chi connectivity index (χ2v) is 8.59. The van der Waals surface area contributed by atoms with Crippen molar-refractivity contribution in [1.29, 1.82) is 0 Å². The van der Waals surface area contributed by atoms with Crippen LogP contribution < -0.4 is 4.74 Å². The minimum Gasteiger partial charge on any atom is -0.477 e. The van der Waals surface area contributed by atoms with Gasteiger partial charge in [0.1, 0.15) is 11.9 Å². The maximum Gasteiger partial charge on any atom is 0.347 e. The van der Waals surface area contributed by atoms with Crippen molar-refractivity contribution >= 4 is 17.6 Å². The van der Waals surface area contributed by atoms with Gasteiger partial charge in [0.15, 0.2) is 6.10 Å². The van der Waals surface area contributed by atoms with Gasteiger partial charge >= 0.3 is 5.97 Å². The number of carbonyl (C=O) groups is 1. The van der Waals surface area contributed by atoms with Gasteiger partial charge in [-0.25, -0.2) is 4.79 Å². The van der Waals surface area contributed by atoms with Gasteiger partial charge in [-0.05, 0) is 42.7 Å². The fraction of sp³-hybridized carbons (Fsp3) is 0.650. The molecule has 0 heterocycles. The van der Waals surface area contributed by atoms with Gasteiger partial charge in [-0.15, -0.1) is 0 Å². The smallest absolute Gasteiger partial charge is 0.347 e. The number of hydrogen-bond donors (Lipinski definition) is 0. The Labute approximate surface area is 150 Å². The number of halogens is 1. The highest BCUT2D eigenvalue weighted by molar-refractivity contribution is 6.32. The molecule has 24 heavy (non-hydrogen) atoms. The molecule has 0 spiro atoms. The molecule has 1 aliphatic carbocycles. The van der Waals surface area contributed by atoms with Gasteiger partial charge in [0, 0.05) is 5.92 Å². The molecule has 4 heteroatoms. The lowest BCUT2D eigenvalue weighted by atomic mass is 9.71. The number of benzene rings is 1. The van der Waals surface area contributed by atoms with Crippen LogP contribution in [0.1, 0.15) is 53.9 Å². The molecule has 0 aromatic heterocycles. The molecule has 1 aromatic carbocycles. The molecule has 0 radical (unpaired) electrons. The molecule has 0 aliphatic heterocycles. The van der Waals surface area contributed by atoms with Gasteiger partial charge in [0.05, 0.1) is 5.02 Å². The first-order valence-electron chi connectivity index (χ1n) is 8.79. The summed E-state index contributed by atoms with van der Waals surface area (Å²) in [6, 6.07) is 7.21. The van der Waals surface area contributed by atoms with Gasteiger partial charge in [0.2, 0.25) is 0 Å². The summed E-state index contributed by atoms with van der Waals surface area (Å²) >= 11 is 6.15. The van der Waals surface area contributed by atoms with Crippen LogP contribution in [0.15, 0.2) is 24.3 Å². The van der Waals surface area contributed by atoms with E-state index in [1.807, 2.05) is 26.0 Å². The van der Waals surface area contributed by atoms with E-state index in [1.165, 1.54) is 6.42 Å². The molecule has 1 aromatic rings. The van der Waals surface area contributed by atoms with E-state index in [0.29, 0.717) is 16.7 Å². The Hall–Kier alpha value is -1.22. The molecule has 3 unspecified atom stereocenters. The van der Waals surface area contributed by atoms with Crippen LogP contribution in [0.4, 0.5) is 0 Å². The molecule has 1 fully saturated rings. The number of carbonyl (C=O) groups excluding carboxylic acids is 1. The minimum absolute atomic E-state index is 0.00259. The molecule has 3 atom stereocenters. The van der Waals surface area contributed by atoms with Crippen molar-refractivity contribution in [1.82, 2.24) is 0 Å². The third-order valence-electron chi connectivity index (χ3n) is 4.56. The summed E-state index contributed by atoms with van der Waals surface area (Å²) in [6.45, 7) is 10.6. The predicted octanol–water partition coefficient (Wildman–Crippen LogP) is 5.50. The summed E-state index contributed by atoms with van der Waals surface area (Å²) in [6.07, 6.45) is 2.31. The van der Waals surface area contributed by atoms with Crippen LogP contribution in [-0.4, -0.2) is 18.2 Å². The fourth-order valence-corrected chi connectivity index (χ4v) is 3.89. The summed E-state index contributed by atoms with van der Waals surface area (Å²) in [5.41, 5.74) is 0.208. The molecule has 134 valence electrons. The quantitative estimate of drug-likeness (QED) is 0.656. The highest BCUT2D eigenvalue weighted by atomic mass is 35.5. The highest BCUT2D eigenvalue weighted by Gasteiger charge is 2.36.